The van der Waals surface area contributed by atoms with Gasteiger partial charge in [-0.05, 0) is 49.0 Å². The van der Waals surface area contributed by atoms with Crippen molar-refractivity contribution in [2.45, 2.75) is 25.3 Å². The lowest BCUT2D eigenvalue weighted by Crippen LogP contribution is -2.49. The summed E-state index contributed by atoms with van der Waals surface area (Å²) in [5.74, 6) is -0.250. The summed E-state index contributed by atoms with van der Waals surface area (Å²) in [6.45, 7) is 3.75. The number of thiophene rings is 1. The van der Waals surface area contributed by atoms with Gasteiger partial charge in [-0.1, -0.05) is 24.3 Å². The maximum Gasteiger partial charge on any atom is 0.262 e. The molecule has 2 aromatic heterocycles. The van der Waals surface area contributed by atoms with E-state index >= 15 is 0 Å². The van der Waals surface area contributed by atoms with Crippen molar-refractivity contribution in [3.05, 3.63) is 58.4 Å². The molecular formula is C23H28N4O2S. The van der Waals surface area contributed by atoms with Crippen LogP contribution in [0.2, 0.25) is 0 Å². The van der Waals surface area contributed by atoms with Crippen molar-refractivity contribution in [2.75, 3.05) is 33.2 Å². The summed E-state index contributed by atoms with van der Waals surface area (Å²) in [6, 6.07) is 11.0. The van der Waals surface area contributed by atoms with Crippen molar-refractivity contribution >= 4 is 34.1 Å². The minimum atomic E-state index is -0.609. The van der Waals surface area contributed by atoms with E-state index in [-0.39, 0.29) is 11.8 Å². The van der Waals surface area contributed by atoms with Crippen molar-refractivity contribution in [2.24, 2.45) is 0 Å². The van der Waals surface area contributed by atoms with E-state index in [1.807, 2.05) is 49.0 Å². The molecule has 3 aromatic rings. The van der Waals surface area contributed by atoms with Crippen LogP contribution in [0.1, 0.15) is 28.1 Å². The number of amides is 2. The predicted octanol–water partition coefficient (Wildman–Crippen LogP) is 3.12. The third-order valence-electron chi connectivity index (χ3n) is 5.77. The van der Waals surface area contributed by atoms with Crippen molar-refractivity contribution in [3.63, 3.8) is 0 Å². The molecule has 0 bridgehead atoms. The van der Waals surface area contributed by atoms with E-state index in [1.54, 1.807) is 11.0 Å². The van der Waals surface area contributed by atoms with E-state index in [1.165, 1.54) is 24.2 Å². The molecule has 1 fully saturated rings. The summed E-state index contributed by atoms with van der Waals surface area (Å²) in [6.07, 6.45) is 4.86. The number of nitrogens with one attached hydrogen (secondary N) is 2. The lowest BCUT2D eigenvalue weighted by molar-refractivity contribution is -0.132. The monoisotopic (exact) mass is 424 g/mol. The van der Waals surface area contributed by atoms with Gasteiger partial charge in [-0.3, -0.25) is 9.59 Å². The van der Waals surface area contributed by atoms with Gasteiger partial charge in [0.25, 0.3) is 5.91 Å². The Labute approximate surface area is 180 Å². The lowest BCUT2D eigenvalue weighted by atomic mass is 10.0. The summed E-state index contributed by atoms with van der Waals surface area (Å²) >= 11 is 1.38. The van der Waals surface area contributed by atoms with E-state index < -0.39 is 6.04 Å². The van der Waals surface area contributed by atoms with Gasteiger partial charge in [-0.25, -0.2) is 0 Å². The summed E-state index contributed by atoms with van der Waals surface area (Å²) in [7, 11) is 1.83. The molecule has 7 heteroatoms. The number of likely N-dealkylation sites (N-methyl/N-ethyl adjacent to an activating group) is 1. The van der Waals surface area contributed by atoms with Gasteiger partial charge in [0.1, 0.15) is 6.04 Å². The molecule has 6 nitrogen and oxygen atoms in total. The molecule has 30 heavy (non-hydrogen) atoms. The van der Waals surface area contributed by atoms with Crippen LogP contribution < -0.4 is 5.32 Å². The van der Waals surface area contributed by atoms with Gasteiger partial charge in [0.2, 0.25) is 5.91 Å². The normalized spacial score (nSPS) is 15.4. The molecular weight excluding hydrogens is 396 g/mol. The molecule has 3 heterocycles. The van der Waals surface area contributed by atoms with E-state index in [0.717, 1.165) is 36.1 Å². The Hall–Kier alpha value is -2.64. The Morgan fingerprint density at radius 1 is 1.20 bits per heavy atom. The first-order valence-corrected chi connectivity index (χ1v) is 11.4. The zero-order valence-electron chi connectivity index (χ0n) is 17.3. The van der Waals surface area contributed by atoms with Crippen LogP contribution in [0.15, 0.2) is 48.0 Å². The Balaban J connectivity index is 1.49. The lowest BCUT2D eigenvalue weighted by Gasteiger charge is -2.26. The number of aromatic nitrogens is 1. The van der Waals surface area contributed by atoms with Crippen LogP contribution in [-0.2, 0) is 11.2 Å². The van der Waals surface area contributed by atoms with Gasteiger partial charge in [0.15, 0.2) is 0 Å². The number of aromatic amines is 1. The van der Waals surface area contributed by atoms with Gasteiger partial charge in [0.05, 0.1) is 4.88 Å². The molecule has 2 N–H and O–H groups in total. The Morgan fingerprint density at radius 2 is 2.00 bits per heavy atom. The molecule has 1 atom stereocenters. The number of nitrogens with zero attached hydrogens (tertiary/aromatic N) is 2. The van der Waals surface area contributed by atoms with Crippen LogP contribution in [-0.4, -0.2) is 65.9 Å². The number of fused-ring (bicyclic) bond motifs is 1. The molecule has 0 spiro atoms. The molecule has 1 aromatic carbocycles. The van der Waals surface area contributed by atoms with Crippen LogP contribution in [0, 0.1) is 0 Å². The molecule has 0 radical (unpaired) electrons. The molecule has 158 valence electrons. The highest BCUT2D eigenvalue weighted by molar-refractivity contribution is 7.12. The average Bonchev–Trinajstić information content (AvgIpc) is 3.53. The predicted molar refractivity (Wildman–Crippen MR) is 121 cm³/mol. The third-order valence-corrected chi connectivity index (χ3v) is 6.64. The minimum absolute atomic E-state index is 0.0515. The van der Waals surface area contributed by atoms with Crippen LogP contribution in [0.5, 0.6) is 0 Å². The highest BCUT2D eigenvalue weighted by atomic mass is 32.1. The first-order valence-electron chi connectivity index (χ1n) is 10.5. The molecule has 0 saturated carbocycles. The van der Waals surface area contributed by atoms with Gasteiger partial charge in [-0.2, -0.15) is 0 Å². The van der Waals surface area contributed by atoms with Gasteiger partial charge >= 0.3 is 0 Å². The number of likely N-dealkylation sites (tertiary alicyclic amines) is 1. The van der Waals surface area contributed by atoms with Crippen molar-refractivity contribution in [1.29, 1.82) is 0 Å². The third kappa shape index (κ3) is 4.74. The van der Waals surface area contributed by atoms with Crippen LogP contribution in [0.4, 0.5) is 0 Å². The van der Waals surface area contributed by atoms with E-state index in [4.69, 9.17) is 0 Å². The van der Waals surface area contributed by atoms with Crippen molar-refractivity contribution in [3.8, 4) is 0 Å². The van der Waals surface area contributed by atoms with Crippen molar-refractivity contribution < 1.29 is 9.59 Å². The van der Waals surface area contributed by atoms with E-state index in [0.29, 0.717) is 17.8 Å². The second kappa shape index (κ2) is 9.45. The van der Waals surface area contributed by atoms with Crippen LogP contribution >= 0.6 is 11.3 Å². The highest BCUT2D eigenvalue weighted by Gasteiger charge is 2.26. The quantitative estimate of drug-likeness (QED) is 0.584. The highest BCUT2D eigenvalue weighted by Crippen LogP contribution is 2.20. The number of hydrogen-bond donors (Lipinski definition) is 2. The minimum Gasteiger partial charge on any atom is -0.361 e. The first kappa shape index (κ1) is 20.6. The molecule has 2 amide bonds. The summed E-state index contributed by atoms with van der Waals surface area (Å²) in [5, 5.41) is 5.94. The topological polar surface area (TPSA) is 68.4 Å². The van der Waals surface area contributed by atoms with Gasteiger partial charge < -0.3 is 20.1 Å². The maximum absolute atomic E-state index is 13.3. The number of benzene rings is 1. The zero-order valence-corrected chi connectivity index (χ0v) is 18.1. The molecule has 1 aliphatic heterocycles. The standard InChI is InChI=1S/C23H28N4O2S/c1-26(12-13-27-10-4-5-11-27)23(29)20(25-22(28)21-9-6-14-30-21)15-17-16-24-19-8-3-2-7-18(17)19/h2-3,6-9,14,16,20,24H,4-5,10-13,15H2,1H3,(H,25,28). The van der Waals surface area contributed by atoms with Gasteiger partial charge in [-0.15, -0.1) is 11.3 Å². The molecule has 1 saturated heterocycles. The van der Waals surface area contributed by atoms with E-state index in [2.05, 4.69) is 15.2 Å². The zero-order chi connectivity index (χ0) is 20.9. The SMILES string of the molecule is CN(CCN1CCCC1)C(=O)C(Cc1c[nH]c2ccccc12)NC(=O)c1cccs1. The second-order valence-corrected chi connectivity index (χ2v) is 8.82. The Bertz CT molecular complexity index is 992. The molecule has 1 unspecified atom stereocenters. The fourth-order valence-electron chi connectivity index (χ4n) is 4.03. The Kier molecular flexibility index (Phi) is 6.50. The number of para-hydroxylation sites is 1. The second-order valence-electron chi connectivity index (χ2n) is 7.88. The number of carbonyl (C=O) groups excluding carboxylic acids is 2. The molecule has 1 aliphatic rings. The number of H-pyrrole nitrogens is 1. The number of rotatable bonds is 8. The average molecular weight is 425 g/mol. The van der Waals surface area contributed by atoms with Gasteiger partial charge in [0, 0.05) is 43.7 Å². The van der Waals surface area contributed by atoms with Crippen molar-refractivity contribution in [1.82, 2.24) is 20.1 Å². The largest absolute Gasteiger partial charge is 0.361 e. The van der Waals surface area contributed by atoms with E-state index in [9.17, 15) is 9.59 Å². The number of carbonyl (C=O) groups is 2. The summed E-state index contributed by atoms with van der Waals surface area (Å²) in [5.41, 5.74) is 2.06. The first-order chi connectivity index (χ1) is 14.6. The molecule has 0 aliphatic carbocycles. The Morgan fingerprint density at radius 3 is 2.77 bits per heavy atom. The smallest absolute Gasteiger partial charge is 0.262 e. The fourth-order valence-corrected chi connectivity index (χ4v) is 4.66. The van der Waals surface area contributed by atoms with Crippen LogP contribution in [0.3, 0.4) is 0 Å². The van der Waals surface area contributed by atoms with Crippen LogP contribution in [0.25, 0.3) is 10.9 Å². The maximum atomic E-state index is 13.3. The summed E-state index contributed by atoms with van der Waals surface area (Å²) in [4.78, 5) is 34.0. The fraction of sp³-hybridized carbons (Fsp3) is 0.391. The summed E-state index contributed by atoms with van der Waals surface area (Å²) < 4.78 is 0. The number of hydrogen-bond acceptors (Lipinski definition) is 4. The molecule has 4 rings (SSSR count).